The number of rotatable bonds is 5. The van der Waals surface area contributed by atoms with Crippen LogP contribution in [0.15, 0.2) is 23.1 Å². The number of nitrogens with one attached hydrogen (secondary N) is 1. The zero-order valence-electron chi connectivity index (χ0n) is 10.0. The van der Waals surface area contributed by atoms with Crippen LogP contribution in [-0.4, -0.2) is 20.9 Å². The first kappa shape index (κ1) is 14.6. The van der Waals surface area contributed by atoms with Gasteiger partial charge in [0.1, 0.15) is 4.90 Å². The summed E-state index contributed by atoms with van der Waals surface area (Å²) < 4.78 is 22.6. The fourth-order valence-corrected chi connectivity index (χ4v) is 3.22. The van der Waals surface area contributed by atoms with E-state index in [0.717, 1.165) is 12.3 Å². The third-order valence-corrected chi connectivity index (χ3v) is 4.79. The summed E-state index contributed by atoms with van der Waals surface area (Å²) in [5.74, 6) is 0.406. The van der Waals surface area contributed by atoms with Crippen molar-refractivity contribution in [1.82, 2.24) is 5.32 Å². The van der Waals surface area contributed by atoms with Gasteiger partial charge in [-0.25, -0.2) is 8.42 Å². The Bertz CT molecular complexity index is 597. The molecule has 1 aliphatic rings. The lowest BCUT2D eigenvalue weighted by Crippen LogP contribution is -2.24. The third-order valence-electron chi connectivity index (χ3n) is 2.99. The van der Waals surface area contributed by atoms with Gasteiger partial charge in [-0.05, 0) is 30.5 Å². The molecule has 0 spiro atoms. The Balaban J connectivity index is 2.08. The largest absolute Gasteiger partial charge is 0.352 e. The molecule has 1 fully saturated rings. The molecule has 1 amide bonds. The number of carbonyl (C=O) groups is 1. The standard InChI is InChI=1S/C12H13Cl2NO3S/c13-10-4-3-9(7-11(10)19(14,17)18)12(16)15-6-5-8-1-2-8/h3-4,7-8H,1-2,5-6H2,(H,15,16). The van der Waals surface area contributed by atoms with Crippen LogP contribution >= 0.6 is 22.3 Å². The van der Waals surface area contributed by atoms with Crippen LogP contribution in [0.2, 0.25) is 5.02 Å². The van der Waals surface area contributed by atoms with E-state index < -0.39 is 9.05 Å². The highest BCUT2D eigenvalue weighted by Crippen LogP contribution is 2.31. The minimum absolute atomic E-state index is 0.00419. The molecule has 1 aromatic rings. The van der Waals surface area contributed by atoms with E-state index in [-0.39, 0.29) is 21.4 Å². The molecule has 0 unspecified atom stereocenters. The molecule has 104 valence electrons. The van der Waals surface area contributed by atoms with Crippen LogP contribution < -0.4 is 5.32 Å². The minimum atomic E-state index is -3.95. The van der Waals surface area contributed by atoms with Crippen LogP contribution in [0.4, 0.5) is 0 Å². The minimum Gasteiger partial charge on any atom is -0.352 e. The van der Waals surface area contributed by atoms with Crippen molar-refractivity contribution in [3.05, 3.63) is 28.8 Å². The maximum atomic E-state index is 11.8. The summed E-state index contributed by atoms with van der Waals surface area (Å²) in [6.07, 6.45) is 3.41. The van der Waals surface area contributed by atoms with E-state index in [1.54, 1.807) is 0 Å². The monoisotopic (exact) mass is 321 g/mol. The fraction of sp³-hybridized carbons (Fsp3) is 0.417. The van der Waals surface area contributed by atoms with Crippen molar-refractivity contribution in [2.75, 3.05) is 6.54 Å². The highest BCUT2D eigenvalue weighted by molar-refractivity contribution is 8.13. The van der Waals surface area contributed by atoms with Gasteiger partial charge in [0.25, 0.3) is 15.0 Å². The number of benzene rings is 1. The Labute approximate surface area is 121 Å². The summed E-state index contributed by atoms with van der Waals surface area (Å²) in [6.45, 7) is 0.592. The Morgan fingerprint density at radius 2 is 2.05 bits per heavy atom. The van der Waals surface area contributed by atoms with E-state index in [1.807, 2.05) is 0 Å². The van der Waals surface area contributed by atoms with Crippen molar-refractivity contribution < 1.29 is 13.2 Å². The average Bonchev–Trinajstić information content (AvgIpc) is 3.12. The molecule has 1 aromatic carbocycles. The molecule has 1 saturated carbocycles. The molecule has 7 heteroatoms. The van der Waals surface area contributed by atoms with Gasteiger partial charge in [-0.15, -0.1) is 0 Å². The predicted octanol–water partition coefficient (Wildman–Crippen LogP) is 2.80. The van der Waals surface area contributed by atoms with E-state index in [0.29, 0.717) is 6.54 Å². The second-order valence-corrected chi connectivity index (χ2v) is 7.51. The van der Waals surface area contributed by atoms with Crippen molar-refractivity contribution in [1.29, 1.82) is 0 Å². The van der Waals surface area contributed by atoms with Gasteiger partial charge in [0.05, 0.1) is 5.02 Å². The maximum Gasteiger partial charge on any atom is 0.262 e. The molecule has 4 nitrogen and oxygen atoms in total. The first-order valence-corrected chi connectivity index (χ1v) is 8.59. The van der Waals surface area contributed by atoms with Crippen LogP contribution in [0, 0.1) is 5.92 Å². The van der Waals surface area contributed by atoms with Crippen LogP contribution in [-0.2, 0) is 9.05 Å². The molecule has 0 aromatic heterocycles. The van der Waals surface area contributed by atoms with Crippen LogP contribution in [0.5, 0.6) is 0 Å². The molecule has 0 atom stereocenters. The number of hydrogen-bond acceptors (Lipinski definition) is 3. The molecule has 0 radical (unpaired) electrons. The maximum absolute atomic E-state index is 11.8. The molecule has 0 saturated heterocycles. The summed E-state index contributed by atoms with van der Waals surface area (Å²) in [5, 5.41) is 2.75. The van der Waals surface area contributed by atoms with Crippen LogP contribution in [0.1, 0.15) is 29.6 Å². The van der Waals surface area contributed by atoms with Crippen LogP contribution in [0.3, 0.4) is 0 Å². The van der Waals surface area contributed by atoms with E-state index in [9.17, 15) is 13.2 Å². The number of carbonyl (C=O) groups excluding carboxylic acids is 1. The summed E-state index contributed by atoms with van der Waals surface area (Å²) in [7, 11) is 1.30. The van der Waals surface area contributed by atoms with Crippen molar-refractivity contribution >= 4 is 37.2 Å². The summed E-state index contributed by atoms with van der Waals surface area (Å²) in [6, 6.07) is 4.02. The van der Waals surface area contributed by atoms with E-state index in [4.69, 9.17) is 22.3 Å². The summed E-state index contributed by atoms with van der Waals surface area (Å²) in [5.41, 5.74) is 0.236. The SMILES string of the molecule is O=C(NCCC1CC1)c1ccc(Cl)c(S(=O)(=O)Cl)c1. The van der Waals surface area contributed by atoms with Gasteiger partial charge in [-0.2, -0.15) is 0 Å². The number of amides is 1. The quantitative estimate of drug-likeness (QED) is 0.848. The normalized spacial score (nSPS) is 15.3. The van der Waals surface area contributed by atoms with Gasteiger partial charge in [-0.3, -0.25) is 4.79 Å². The van der Waals surface area contributed by atoms with E-state index >= 15 is 0 Å². The van der Waals surface area contributed by atoms with Gasteiger partial charge >= 0.3 is 0 Å². The average molecular weight is 322 g/mol. The molecule has 19 heavy (non-hydrogen) atoms. The molecule has 1 N–H and O–H groups in total. The fourth-order valence-electron chi connectivity index (χ4n) is 1.73. The van der Waals surface area contributed by atoms with Gasteiger partial charge in [-0.1, -0.05) is 24.4 Å². The molecule has 1 aliphatic carbocycles. The molecule has 0 bridgehead atoms. The van der Waals surface area contributed by atoms with Crippen molar-refractivity contribution in [3.63, 3.8) is 0 Å². The van der Waals surface area contributed by atoms with Gasteiger partial charge in [0.15, 0.2) is 0 Å². The van der Waals surface area contributed by atoms with Gasteiger partial charge < -0.3 is 5.32 Å². The lowest BCUT2D eigenvalue weighted by atomic mass is 10.2. The first-order chi connectivity index (χ1) is 8.88. The Kier molecular flexibility index (Phi) is 4.38. The van der Waals surface area contributed by atoms with Crippen molar-refractivity contribution in [2.24, 2.45) is 5.92 Å². The first-order valence-electron chi connectivity index (χ1n) is 5.90. The molecule has 0 aliphatic heterocycles. The predicted molar refractivity (Wildman–Crippen MR) is 74.2 cm³/mol. The number of halogens is 2. The second kappa shape index (κ2) is 5.69. The lowest BCUT2D eigenvalue weighted by molar-refractivity contribution is 0.0952. The highest BCUT2D eigenvalue weighted by Gasteiger charge is 2.21. The zero-order chi connectivity index (χ0) is 14.0. The molecular formula is C12H13Cl2NO3S. The van der Waals surface area contributed by atoms with E-state index in [1.165, 1.54) is 31.0 Å². The van der Waals surface area contributed by atoms with E-state index in [2.05, 4.69) is 5.32 Å². The van der Waals surface area contributed by atoms with Crippen molar-refractivity contribution in [3.8, 4) is 0 Å². The zero-order valence-corrected chi connectivity index (χ0v) is 12.4. The Morgan fingerprint density at radius 3 is 2.63 bits per heavy atom. The molecular weight excluding hydrogens is 309 g/mol. The lowest BCUT2D eigenvalue weighted by Gasteiger charge is -2.06. The Morgan fingerprint density at radius 1 is 1.37 bits per heavy atom. The third kappa shape index (κ3) is 4.09. The van der Waals surface area contributed by atoms with Gasteiger partial charge in [0, 0.05) is 22.8 Å². The van der Waals surface area contributed by atoms with Crippen LogP contribution in [0.25, 0.3) is 0 Å². The van der Waals surface area contributed by atoms with Crippen molar-refractivity contribution in [2.45, 2.75) is 24.2 Å². The molecule has 0 heterocycles. The number of hydrogen-bond donors (Lipinski definition) is 1. The second-order valence-electron chi connectivity index (χ2n) is 4.57. The smallest absolute Gasteiger partial charge is 0.262 e. The molecule has 2 rings (SSSR count). The highest BCUT2D eigenvalue weighted by atomic mass is 35.7. The Hall–Kier alpha value is -0.780. The summed E-state index contributed by atoms with van der Waals surface area (Å²) in [4.78, 5) is 11.6. The topological polar surface area (TPSA) is 63.2 Å². The van der Waals surface area contributed by atoms with Gasteiger partial charge in [0.2, 0.25) is 0 Å². The summed E-state index contributed by atoms with van der Waals surface area (Å²) >= 11 is 5.74.